The summed E-state index contributed by atoms with van der Waals surface area (Å²) in [5.74, 6) is 0.251. The number of hydrogen-bond acceptors (Lipinski definition) is 3. The van der Waals surface area contributed by atoms with E-state index in [1.165, 1.54) is 0 Å². The maximum Gasteiger partial charge on any atom is 0.106 e. The summed E-state index contributed by atoms with van der Waals surface area (Å²) in [4.78, 5) is 0. The van der Waals surface area contributed by atoms with Crippen LogP contribution in [0, 0.1) is 5.92 Å². The van der Waals surface area contributed by atoms with E-state index < -0.39 is 6.10 Å². The third-order valence-corrected chi connectivity index (χ3v) is 2.78. The van der Waals surface area contributed by atoms with Crippen LogP contribution in [-0.4, -0.2) is 36.6 Å². The molecule has 0 aromatic carbocycles. The van der Waals surface area contributed by atoms with Crippen LogP contribution in [0.2, 0.25) is 0 Å². The predicted octanol–water partition coefficient (Wildman–Crippen LogP) is 0.806. The highest BCUT2D eigenvalue weighted by molar-refractivity contribution is 4.87. The zero-order valence-electron chi connectivity index (χ0n) is 8.15. The highest BCUT2D eigenvalue weighted by Crippen LogP contribution is 2.27. The van der Waals surface area contributed by atoms with Gasteiger partial charge in [0.15, 0.2) is 0 Å². The van der Waals surface area contributed by atoms with Crippen molar-refractivity contribution >= 4 is 0 Å². The third-order valence-electron chi connectivity index (χ3n) is 2.78. The van der Waals surface area contributed by atoms with Crippen LogP contribution in [-0.2, 0) is 9.47 Å². The second-order valence-electron chi connectivity index (χ2n) is 3.60. The van der Waals surface area contributed by atoms with Gasteiger partial charge in [-0.05, 0) is 13.8 Å². The second-order valence-corrected chi connectivity index (χ2v) is 3.60. The molecule has 1 fully saturated rings. The molecular weight excluding hydrogens is 156 g/mol. The SMILES string of the molecule is COC1C(C)C(C)OC(C)C1O. The molecule has 0 aromatic heterocycles. The third kappa shape index (κ3) is 1.63. The van der Waals surface area contributed by atoms with E-state index in [1.54, 1.807) is 7.11 Å². The first-order valence-corrected chi connectivity index (χ1v) is 4.44. The first-order chi connectivity index (χ1) is 5.57. The van der Waals surface area contributed by atoms with E-state index in [2.05, 4.69) is 0 Å². The molecule has 0 saturated carbocycles. The summed E-state index contributed by atoms with van der Waals surface area (Å²) in [5.41, 5.74) is 0. The van der Waals surface area contributed by atoms with Gasteiger partial charge < -0.3 is 14.6 Å². The van der Waals surface area contributed by atoms with E-state index in [1.807, 2.05) is 20.8 Å². The lowest BCUT2D eigenvalue weighted by molar-refractivity contribution is -0.193. The summed E-state index contributed by atoms with van der Waals surface area (Å²) in [6.07, 6.45) is -0.556. The van der Waals surface area contributed by atoms with Crippen LogP contribution in [0.4, 0.5) is 0 Å². The van der Waals surface area contributed by atoms with Crippen LogP contribution in [0.1, 0.15) is 20.8 Å². The lowest BCUT2D eigenvalue weighted by Crippen LogP contribution is -2.52. The van der Waals surface area contributed by atoms with Crippen molar-refractivity contribution < 1.29 is 14.6 Å². The Morgan fingerprint density at radius 2 is 1.75 bits per heavy atom. The quantitative estimate of drug-likeness (QED) is 0.639. The van der Waals surface area contributed by atoms with Crippen molar-refractivity contribution in [1.82, 2.24) is 0 Å². The van der Waals surface area contributed by atoms with Crippen molar-refractivity contribution in [3.8, 4) is 0 Å². The molecule has 1 aliphatic rings. The molecule has 12 heavy (non-hydrogen) atoms. The van der Waals surface area contributed by atoms with E-state index in [4.69, 9.17) is 9.47 Å². The molecule has 1 saturated heterocycles. The Bertz CT molecular complexity index is 135. The molecule has 72 valence electrons. The monoisotopic (exact) mass is 174 g/mol. The van der Waals surface area contributed by atoms with E-state index in [-0.39, 0.29) is 24.2 Å². The van der Waals surface area contributed by atoms with E-state index in [0.29, 0.717) is 0 Å². The molecule has 1 heterocycles. The summed E-state index contributed by atoms with van der Waals surface area (Å²) in [6.45, 7) is 5.92. The maximum atomic E-state index is 9.68. The topological polar surface area (TPSA) is 38.7 Å². The number of ether oxygens (including phenoxy) is 2. The molecule has 5 atom stereocenters. The fraction of sp³-hybridized carbons (Fsp3) is 1.00. The van der Waals surface area contributed by atoms with Crippen molar-refractivity contribution in [3.05, 3.63) is 0 Å². The van der Waals surface area contributed by atoms with Crippen molar-refractivity contribution in [3.63, 3.8) is 0 Å². The van der Waals surface area contributed by atoms with Crippen LogP contribution in [0.3, 0.4) is 0 Å². The minimum Gasteiger partial charge on any atom is -0.388 e. The average molecular weight is 174 g/mol. The Morgan fingerprint density at radius 1 is 1.17 bits per heavy atom. The number of methoxy groups -OCH3 is 1. The molecule has 0 spiro atoms. The molecule has 0 amide bonds. The summed E-state index contributed by atoms with van der Waals surface area (Å²) < 4.78 is 10.7. The number of hydrogen-bond donors (Lipinski definition) is 1. The zero-order chi connectivity index (χ0) is 9.30. The Hall–Kier alpha value is -0.120. The van der Waals surface area contributed by atoms with Gasteiger partial charge in [0, 0.05) is 13.0 Å². The summed E-state index contributed by atoms with van der Waals surface area (Å²) in [7, 11) is 1.63. The Morgan fingerprint density at radius 3 is 2.25 bits per heavy atom. The largest absolute Gasteiger partial charge is 0.388 e. The van der Waals surface area contributed by atoms with Gasteiger partial charge in [0.25, 0.3) is 0 Å². The average Bonchev–Trinajstić information content (AvgIpc) is 2.02. The second kappa shape index (κ2) is 3.73. The zero-order valence-corrected chi connectivity index (χ0v) is 8.15. The Kier molecular flexibility index (Phi) is 3.09. The van der Waals surface area contributed by atoms with E-state index in [0.717, 1.165) is 0 Å². The van der Waals surface area contributed by atoms with Crippen LogP contribution in [0.25, 0.3) is 0 Å². The highest BCUT2D eigenvalue weighted by atomic mass is 16.5. The molecule has 1 rings (SSSR count). The molecular formula is C9H18O3. The van der Waals surface area contributed by atoms with Gasteiger partial charge in [0.1, 0.15) is 6.10 Å². The van der Waals surface area contributed by atoms with Gasteiger partial charge in [-0.15, -0.1) is 0 Å². The van der Waals surface area contributed by atoms with Crippen LogP contribution >= 0.6 is 0 Å². The molecule has 5 unspecified atom stereocenters. The van der Waals surface area contributed by atoms with Gasteiger partial charge in [-0.2, -0.15) is 0 Å². The van der Waals surface area contributed by atoms with Gasteiger partial charge in [0.05, 0.1) is 18.3 Å². The van der Waals surface area contributed by atoms with Gasteiger partial charge in [-0.25, -0.2) is 0 Å². The highest BCUT2D eigenvalue weighted by Gasteiger charge is 2.39. The smallest absolute Gasteiger partial charge is 0.106 e. The normalized spacial score (nSPS) is 49.2. The van der Waals surface area contributed by atoms with Gasteiger partial charge in [0.2, 0.25) is 0 Å². The fourth-order valence-corrected chi connectivity index (χ4v) is 1.74. The van der Waals surface area contributed by atoms with Gasteiger partial charge in [-0.1, -0.05) is 6.92 Å². The minimum absolute atomic E-state index is 0.0938. The Balaban J connectivity index is 2.67. The van der Waals surface area contributed by atoms with Crippen molar-refractivity contribution in [2.45, 2.75) is 45.2 Å². The summed E-state index contributed by atoms with van der Waals surface area (Å²) >= 11 is 0. The number of aliphatic hydroxyl groups excluding tert-OH is 1. The van der Waals surface area contributed by atoms with Gasteiger partial charge >= 0.3 is 0 Å². The van der Waals surface area contributed by atoms with E-state index in [9.17, 15) is 5.11 Å². The first-order valence-electron chi connectivity index (χ1n) is 4.44. The molecule has 3 heteroatoms. The fourth-order valence-electron chi connectivity index (χ4n) is 1.74. The predicted molar refractivity (Wildman–Crippen MR) is 46.0 cm³/mol. The molecule has 0 aliphatic carbocycles. The molecule has 0 aromatic rings. The molecule has 0 radical (unpaired) electrons. The lowest BCUT2D eigenvalue weighted by Gasteiger charge is -2.40. The molecule has 3 nitrogen and oxygen atoms in total. The minimum atomic E-state index is -0.499. The Labute approximate surface area is 73.7 Å². The van der Waals surface area contributed by atoms with Crippen molar-refractivity contribution in [2.24, 2.45) is 5.92 Å². The summed E-state index contributed by atoms with van der Waals surface area (Å²) in [5, 5.41) is 9.68. The van der Waals surface area contributed by atoms with Crippen LogP contribution < -0.4 is 0 Å². The number of aliphatic hydroxyl groups is 1. The lowest BCUT2D eigenvalue weighted by atomic mass is 9.89. The van der Waals surface area contributed by atoms with Crippen molar-refractivity contribution in [1.29, 1.82) is 0 Å². The summed E-state index contributed by atoms with van der Waals surface area (Å²) in [6, 6.07) is 0. The molecule has 0 bridgehead atoms. The van der Waals surface area contributed by atoms with Crippen LogP contribution in [0.5, 0.6) is 0 Å². The van der Waals surface area contributed by atoms with Crippen molar-refractivity contribution in [2.75, 3.05) is 7.11 Å². The standard InChI is InChI=1S/C9H18O3/c1-5-6(2)12-7(3)8(10)9(5)11-4/h5-10H,1-4H3. The van der Waals surface area contributed by atoms with Crippen LogP contribution in [0.15, 0.2) is 0 Å². The first kappa shape index (κ1) is 9.96. The van der Waals surface area contributed by atoms with Gasteiger partial charge in [-0.3, -0.25) is 0 Å². The maximum absolute atomic E-state index is 9.68. The number of rotatable bonds is 1. The van der Waals surface area contributed by atoms with E-state index >= 15 is 0 Å². The molecule has 1 N–H and O–H groups in total. The molecule has 1 aliphatic heterocycles.